The zero-order valence-electron chi connectivity index (χ0n) is 21.7. The van der Waals surface area contributed by atoms with Crippen LogP contribution in [0.2, 0.25) is 0 Å². The highest BCUT2D eigenvalue weighted by Gasteiger charge is 2.80. The molecule has 0 unspecified atom stereocenters. The summed E-state index contributed by atoms with van der Waals surface area (Å²) in [5.41, 5.74) is 4.66. The number of carbonyl (C=O) groups is 2. The number of carbonyl (C=O) groups excluding carboxylic acids is 2. The zero-order valence-corrected chi connectivity index (χ0v) is 21.7. The summed E-state index contributed by atoms with van der Waals surface area (Å²) >= 11 is 0. The summed E-state index contributed by atoms with van der Waals surface area (Å²) in [6.07, 6.45) is 1.91. The molecule has 2 spiro atoms. The van der Waals surface area contributed by atoms with E-state index in [0.717, 1.165) is 58.5 Å². The monoisotopic (exact) mass is 519 g/mol. The third-order valence-corrected chi connectivity index (χ3v) is 9.93. The van der Waals surface area contributed by atoms with Crippen LogP contribution in [0.1, 0.15) is 56.3 Å². The van der Waals surface area contributed by atoms with E-state index in [1.807, 2.05) is 78.9 Å². The zero-order chi connectivity index (χ0) is 26.6. The van der Waals surface area contributed by atoms with Gasteiger partial charge in [0.2, 0.25) is 0 Å². The third-order valence-electron chi connectivity index (χ3n) is 9.93. The Balaban J connectivity index is 1.49. The summed E-state index contributed by atoms with van der Waals surface area (Å²) in [5.74, 6) is -0.501. The molecule has 4 aromatic carbocycles. The van der Waals surface area contributed by atoms with E-state index in [0.29, 0.717) is 11.1 Å². The first-order valence-electron chi connectivity index (χ1n) is 14.1. The van der Waals surface area contributed by atoms with Crippen molar-refractivity contribution in [1.29, 1.82) is 0 Å². The van der Waals surface area contributed by atoms with Gasteiger partial charge >= 0.3 is 0 Å². The highest BCUT2D eigenvalue weighted by Crippen LogP contribution is 2.73. The SMILES string of the molecule is O=C1c2ccccc2C(=O)C12[C@H](c1ccccc1)[C@H]1CCCN1[C@]21c2ccccc2-c2nc3ccccc3nc21. The Morgan fingerprint density at radius 2 is 1.27 bits per heavy atom. The summed E-state index contributed by atoms with van der Waals surface area (Å²) in [5, 5.41) is 0. The fraction of sp³-hybridized carbons (Fsp3) is 0.200. The van der Waals surface area contributed by atoms with Crippen molar-refractivity contribution in [3.8, 4) is 11.3 Å². The van der Waals surface area contributed by atoms with Crippen molar-refractivity contribution in [3.63, 3.8) is 0 Å². The number of nitrogens with zero attached hydrogens (tertiary/aromatic N) is 3. The lowest BCUT2D eigenvalue weighted by Crippen LogP contribution is -2.57. The van der Waals surface area contributed by atoms with Crippen LogP contribution in [0, 0.1) is 5.41 Å². The molecule has 5 nitrogen and oxygen atoms in total. The Morgan fingerprint density at radius 1 is 0.675 bits per heavy atom. The Bertz CT molecular complexity index is 1880. The van der Waals surface area contributed by atoms with E-state index in [2.05, 4.69) is 29.2 Å². The number of para-hydroxylation sites is 2. The normalized spacial score (nSPS) is 25.5. The summed E-state index contributed by atoms with van der Waals surface area (Å²) < 4.78 is 0. The smallest absolute Gasteiger partial charge is 0.180 e. The predicted octanol–water partition coefficient (Wildman–Crippen LogP) is 6.18. The van der Waals surface area contributed by atoms with Gasteiger partial charge in [0.1, 0.15) is 11.0 Å². The second-order valence-corrected chi connectivity index (χ2v) is 11.5. The van der Waals surface area contributed by atoms with Gasteiger partial charge < -0.3 is 0 Å². The molecule has 0 amide bonds. The number of hydrogen-bond donors (Lipinski definition) is 0. The standard InChI is InChI=1S/C35H25N3O2/c39-32-22-13-4-5-14-23(22)33(40)34(32)29(21-11-2-1-3-12-21)28-19-10-20-38(28)35(34)25-16-7-6-15-24(25)30-31(35)37-27-18-9-8-17-26(27)36-30/h1-9,11-18,28-29H,10,19-20H2/t28-,29-,35+/m1/s1. The first kappa shape index (κ1) is 22.3. The molecule has 192 valence electrons. The van der Waals surface area contributed by atoms with Gasteiger partial charge in [-0.15, -0.1) is 0 Å². The highest BCUT2D eigenvalue weighted by molar-refractivity contribution is 6.32. The Hall–Kier alpha value is -4.48. The van der Waals surface area contributed by atoms with Gasteiger partial charge in [-0.25, -0.2) is 9.97 Å². The van der Waals surface area contributed by atoms with E-state index >= 15 is 9.59 Å². The van der Waals surface area contributed by atoms with Crippen molar-refractivity contribution in [3.05, 3.63) is 131 Å². The van der Waals surface area contributed by atoms with E-state index in [1.165, 1.54) is 0 Å². The molecule has 3 atom stereocenters. The van der Waals surface area contributed by atoms with Crippen molar-refractivity contribution in [2.24, 2.45) is 5.41 Å². The molecule has 2 fully saturated rings. The van der Waals surface area contributed by atoms with E-state index in [4.69, 9.17) is 9.97 Å². The predicted molar refractivity (Wildman–Crippen MR) is 152 cm³/mol. The second-order valence-electron chi connectivity index (χ2n) is 11.5. The lowest BCUT2D eigenvalue weighted by Gasteiger charge is -2.45. The molecular formula is C35H25N3O2. The minimum atomic E-state index is -1.40. The van der Waals surface area contributed by atoms with Gasteiger partial charge in [-0.1, -0.05) is 91.0 Å². The van der Waals surface area contributed by atoms with Gasteiger partial charge in [0.25, 0.3) is 0 Å². The van der Waals surface area contributed by atoms with Gasteiger partial charge in [-0.2, -0.15) is 0 Å². The van der Waals surface area contributed by atoms with Crippen molar-refractivity contribution >= 4 is 22.6 Å². The number of rotatable bonds is 1. The van der Waals surface area contributed by atoms with Crippen LogP contribution in [-0.4, -0.2) is 39.0 Å². The maximum absolute atomic E-state index is 15.2. The Kier molecular flexibility index (Phi) is 4.24. The number of benzene rings is 4. The fourth-order valence-corrected chi connectivity index (χ4v) is 8.71. The van der Waals surface area contributed by atoms with Gasteiger partial charge in [-0.3, -0.25) is 14.5 Å². The fourth-order valence-electron chi connectivity index (χ4n) is 8.71. The van der Waals surface area contributed by atoms with Crippen molar-refractivity contribution in [2.45, 2.75) is 30.3 Å². The number of Topliss-reactive ketones (excluding diaryl/α,β-unsaturated/α-hetero) is 2. The van der Waals surface area contributed by atoms with Gasteiger partial charge in [-0.05, 0) is 42.6 Å². The van der Waals surface area contributed by atoms with Crippen LogP contribution in [0.5, 0.6) is 0 Å². The van der Waals surface area contributed by atoms with Crippen molar-refractivity contribution < 1.29 is 9.59 Å². The Morgan fingerprint density at radius 3 is 2.00 bits per heavy atom. The number of hydrogen-bond acceptors (Lipinski definition) is 5. The summed E-state index contributed by atoms with van der Waals surface area (Å²) in [6, 6.07) is 33.8. The molecule has 0 radical (unpaired) electrons. The third kappa shape index (κ3) is 2.32. The van der Waals surface area contributed by atoms with Gasteiger partial charge in [0.15, 0.2) is 11.6 Å². The molecule has 0 bridgehead atoms. The molecule has 40 heavy (non-hydrogen) atoms. The second kappa shape index (κ2) is 7.58. The molecule has 9 rings (SSSR count). The number of aromatic nitrogens is 2. The van der Waals surface area contributed by atoms with Crippen molar-refractivity contribution in [1.82, 2.24) is 14.9 Å². The van der Waals surface area contributed by atoms with Crippen LogP contribution >= 0.6 is 0 Å². The lowest BCUT2D eigenvalue weighted by atomic mass is 9.56. The summed E-state index contributed by atoms with van der Waals surface area (Å²) in [6.45, 7) is 0.787. The highest BCUT2D eigenvalue weighted by atomic mass is 16.2. The molecule has 3 heterocycles. The molecule has 0 saturated carbocycles. The molecule has 1 aromatic heterocycles. The quantitative estimate of drug-likeness (QED) is 0.248. The number of fused-ring (bicyclic) bond motifs is 10. The van der Waals surface area contributed by atoms with Gasteiger partial charge in [0, 0.05) is 28.7 Å². The van der Waals surface area contributed by atoms with E-state index in [1.54, 1.807) is 0 Å². The topological polar surface area (TPSA) is 63.2 Å². The molecule has 0 N–H and O–H groups in total. The molecule has 2 aliphatic carbocycles. The van der Waals surface area contributed by atoms with Crippen LogP contribution in [0.4, 0.5) is 0 Å². The first-order chi connectivity index (χ1) is 19.7. The maximum Gasteiger partial charge on any atom is 0.180 e. The van der Waals surface area contributed by atoms with Crippen molar-refractivity contribution in [2.75, 3.05) is 6.54 Å². The van der Waals surface area contributed by atoms with Crippen LogP contribution in [-0.2, 0) is 5.54 Å². The molecule has 5 aromatic rings. The average Bonchev–Trinajstić information content (AvgIpc) is 3.71. The minimum Gasteiger partial charge on any atom is -0.293 e. The Labute approximate surface area is 231 Å². The van der Waals surface area contributed by atoms with Crippen LogP contribution < -0.4 is 0 Å². The van der Waals surface area contributed by atoms with E-state index in [9.17, 15) is 0 Å². The van der Waals surface area contributed by atoms with E-state index in [-0.39, 0.29) is 23.5 Å². The maximum atomic E-state index is 15.2. The van der Waals surface area contributed by atoms with Crippen LogP contribution in [0.15, 0.2) is 103 Å². The molecular weight excluding hydrogens is 494 g/mol. The van der Waals surface area contributed by atoms with Crippen LogP contribution in [0.3, 0.4) is 0 Å². The van der Waals surface area contributed by atoms with Gasteiger partial charge in [0.05, 0.1) is 22.4 Å². The molecule has 5 heteroatoms. The van der Waals surface area contributed by atoms with Crippen LogP contribution in [0.25, 0.3) is 22.3 Å². The molecule has 4 aliphatic rings. The minimum absolute atomic E-state index is 0.0110. The lowest BCUT2D eigenvalue weighted by molar-refractivity contribution is 0.0428. The average molecular weight is 520 g/mol. The summed E-state index contributed by atoms with van der Waals surface area (Å²) in [7, 11) is 0. The molecule has 2 aliphatic heterocycles. The van der Waals surface area contributed by atoms with E-state index < -0.39 is 11.0 Å². The molecule has 2 saturated heterocycles. The largest absolute Gasteiger partial charge is 0.293 e. The first-order valence-corrected chi connectivity index (χ1v) is 14.1. The number of ketones is 2. The summed E-state index contributed by atoms with van der Waals surface area (Å²) in [4.78, 5) is 43.4.